The van der Waals surface area contributed by atoms with Crippen molar-refractivity contribution in [2.45, 2.75) is 74.7 Å². The number of aldehydes is 2. The first-order chi connectivity index (χ1) is 12.9. The predicted molar refractivity (Wildman–Crippen MR) is 124 cm³/mol. The van der Waals surface area contributed by atoms with Gasteiger partial charge in [-0.25, -0.2) is 0 Å². The van der Waals surface area contributed by atoms with Gasteiger partial charge in [-0.15, -0.1) is 0 Å². The lowest BCUT2D eigenvalue weighted by atomic mass is 9.65. The molecule has 0 aromatic rings. The van der Waals surface area contributed by atoms with Crippen molar-refractivity contribution in [2.75, 3.05) is 0 Å². The molecule has 1 rings (SSSR count). The summed E-state index contributed by atoms with van der Waals surface area (Å²) in [6, 6.07) is 0. The minimum Gasteiger partial charge on any atom is -0.303 e. The van der Waals surface area contributed by atoms with Gasteiger partial charge in [0.25, 0.3) is 0 Å². The Balaban J connectivity index is 0. The van der Waals surface area contributed by atoms with Crippen LogP contribution in [0.5, 0.6) is 0 Å². The number of carbonyl (C=O) groups excluding carboxylic acids is 2. The molecule has 0 aromatic heterocycles. The van der Waals surface area contributed by atoms with Crippen LogP contribution in [0.1, 0.15) is 74.7 Å². The van der Waals surface area contributed by atoms with Crippen LogP contribution in [0.25, 0.3) is 0 Å². The second kappa shape index (κ2) is 14.3. The molecule has 0 saturated heterocycles. The van der Waals surface area contributed by atoms with E-state index in [1.165, 1.54) is 11.9 Å². The molecule has 0 saturated carbocycles. The van der Waals surface area contributed by atoms with E-state index in [0.717, 1.165) is 31.1 Å². The van der Waals surface area contributed by atoms with Crippen molar-refractivity contribution in [3.63, 3.8) is 0 Å². The Hall–Kier alpha value is -1.70. The highest BCUT2D eigenvalue weighted by atomic mass is 16.1. The molecular formula is C26H44O2. The summed E-state index contributed by atoms with van der Waals surface area (Å²) in [5, 5.41) is 0. The number of hydrogen-bond acceptors (Lipinski definition) is 2. The molecule has 28 heavy (non-hydrogen) atoms. The third-order valence-corrected chi connectivity index (χ3v) is 6.04. The minimum atomic E-state index is -0.0757. The Kier molecular flexibility index (Phi) is 14.6. The fraction of sp³-hybridized carbons (Fsp3) is 0.615. The van der Waals surface area contributed by atoms with Gasteiger partial charge in [-0.3, -0.25) is 4.79 Å². The van der Waals surface area contributed by atoms with Crippen LogP contribution in [0, 0.1) is 29.1 Å². The standard InChI is InChI=1S/C13H22O.C8H14O.C5H8/c1-10(2)12(4)13(9-14)7-5-11(3)6-8-13;1-6(2)8(4)7(3)5-9;1-4-5(2)3/h5,9-10,12H,6-8H2,1-4H3;5-6,8H,3H2,1-2,4H3;4H,1-2H2,3H3. The molecule has 1 aliphatic rings. The monoisotopic (exact) mass is 388 g/mol. The van der Waals surface area contributed by atoms with E-state index in [0.29, 0.717) is 29.2 Å². The van der Waals surface area contributed by atoms with Gasteiger partial charge in [0, 0.05) is 5.41 Å². The Labute approximate surface area is 174 Å². The van der Waals surface area contributed by atoms with Gasteiger partial charge in [-0.1, -0.05) is 84.6 Å². The predicted octanol–water partition coefficient (Wildman–Crippen LogP) is 7.38. The number of rotatable bonds is 7. The summed E-state index contributed by atoms with van der Waals surface area (Å²) in [6.07, 6.45) is 9.09. The average Bonchev–Trinajstić information content (AvgIpc) is 2.67. The lowest BCUT2D eigenvalue weighted by Gasteiger charge is -2.38. The quantitative estimate of drug-likeness (QED) is 0.197. The first-order valence-electron chi connectivity index (χ1n) is 10.4. The molecular weight excluding hydrogens is 344 g/mol. The van der Waals surface area contributed by atoms with E-state index >= 15 is 0 Å². The smallest absolute Gasteiger partial charge is 0.145 e. The lowest BCUT2D eigenvalue weighted by Crippen LogP contribution is -2.35. The molecule has 3 unspecified atom stereocenters. The van der Waals surface area contributed by atoms with E-state index in [9.17, 15) is 9.59 Å². The topological polar surface area (TPSA) is 34.1 Å². The van der Waals surface area contributed by atoms with Gasteiger partial charge in [0.05, 0.1) is 0 Å². The van der Waals surface area contributed by atoms with E-state index in [1.807, 2.05) is 13.8 Å². The van der Waals surface area contributed by atoms with E-state index in [1.54, 1.807) is 6.08 Å². The van der Waals surface area contributed by atoms with Gasteiger partial charge in [0.15, 0.2) is 0 Å². The average molecular weight is 389 g/mol. The summed E-state index contributed by atoms with van der Waals surface area (Å²) in [5.74, 6) is 1.92. The van der Waals surface area contributed by atoms with Gasteiger partial charge < -0.3 is 4.79 Å². The fourth-order valence-electron chi connectivity index (χ4n) is 2.83. The number of allylic oxidation sites excluding steroid dienone is 5. The van der Waals surface area contributed by atoms with Crippen molar-refractivity contribution in [3.05, 3.63) is 48.6 Å². The van der Waals surface area contributed by atoms with Crippen LogP contribution in [0.2, 0.25) is 0 Å². The Bertz CT molecular complexity index is 551. The SMILES string of the molecule is C=C(C=O)C(C)C(C)C.C=CC(=C)C.CC1=CCC(C=O)(C(C)C(C)C)CC1. The van der Waals surface area contributed by atoms with Gasteiger partial charge in [0.2, 0.25) is 0 Å². The lowest BCUT2D eigenvalue weighted by molar-refractivity contribution is -0.120. The van der Waals surface area contributed by atoms with Crippen LogP contribution >= 0.6 is 0 Å². The van der Waals surface area contributed by atoms with E-state index in [2.05, 4.69) is 67.4 Å². The van der Waals surface area contributed by atoms with Crippen molar-refractivity contribution < 1.29 is 9.59 Å². The largest absolute Gasteiger partial charge is 0.303 e. The van der Waals surface area contributed by atoms with Crippen molar-refractivity contribution in [3.8, 4) is 0 Å². The summed E-state index contributed by atoms with van der Waals surface area (Å²) in [7, 11) is 0. The summed E-state index contributed by atoms with van der Waals surface area (Å²) in [6.45, 7) is 27.5. The summed E-state index contributed by atoms with van der Waals surface area (Å²) < 4.78 is 0. The molecule has 160 valence electrons. The zero-order chi connectivity index (χ0) is 22.5. The highest BCUT2D eigenvalue weighted by molar-refractivity contribution is 5.72. The van der Waals surface area contributed by atoms with Gasteiger partial charge in [0.1, 0.15) is 12.6 Å². The highest BCUT2D eigenvalue weighted by Crippen LogP contribution is 2.42. The summed E-state index contributed by atoms with van der Waals surface area (Å²) in [4.78, 5) is 21.5. The van der Waals surface area contributed by atoms with Crippen molar-refractivity contribution in [1.29, 1.82) is 0 Å². The Morgan fingerprint density at radius 1 is 1.07 bits per heavy atom. The maximum Gasteiger partial charge on any atom is 0.145 e. The van der Waals surface area contributed by atoms with Crippen molar-refractivity contribution in [1.82, 2.24) is 0 Å². The molecule has 0 radical (unpaired) electrons. The number of carbonyl (C=O) groups is 2. The molecule has 0 N–H and O–H groups in total. The van der Waals surface area contributed by atoms with Crippen LogP contribution in [0.4, 0.5) is 0 Å². The number of hydrogen-bond donors (Lipinski definition) is 0. The van der Waals surface area contributed by atoms with Crippen LogP contribution in [-0.4, -0.2) is 12.6 Å². The second-order valence-electron chi connectivity index (χ2n) is 8.91. The molecule has 3 atom stereocenters. The molecule has 0 bridgehead atoms. The zero-order valence-electron chi connectivity index (χ0n) is 19.7. The first-order valence-corrected chi connectivity index (χ1v) is 10.4. The normalized spacial score (nSPS) is 20.4. The third kappa shape index (κ3) is 10.6. The van der Waals surface area contributed by atoms with Crippen LogP contribution < -0.4 is 0 Å². The molecule has 1 aliphatic carbocycles. The molecule has 0 spiro atoms. The van der Waals surface area contributed by atoms with Gasteiger partial charge in [-0.2, -0.15) is 0 Å². The second-order valence-corrected chi connectivity index (χ2v) is 8.91. The molecule has 2 nitrogen and oxygen atoms in total. The molecule has 2 heteroatoms. The Morgan fingerprint density at radius 3 is 1.79 bits per heavy atom. The summed E-state index contributed by atoms with van der Waals surface area (Å²) in [5.41, 5.74) is 3.08. The van der Waals surface area contributed by atoms with Crippen molar-refractivity contribution >= 4 is 12.6 Å². The minimum absolute atomic E-state index is 0.0757. The van der Waals surface area contributed by atoms with Crippen molar-refractivity contribution in [2.24, 2.45) is 29.1 Å². The highest BCUT2D eigenvalue weighted by Gasteiger charge is 2.37. The maximum absolute atomic E-state index is 11.3. The fourth-order valence-corrected chi connectivity index (χ4v) is 2.83. The van der Waals surface area contributed by atoms with Gasteiger partial charge >= 0.3 is 0 Å². The van der Waals surface area contributed by atoms with E-state index < -0.39 is 0 Å². The van der Waals surface area contributed by atoms with E-state index in [-0.39, 0.29) is 5.41 Å². The molecule has 0 aliphatic heterocycles. The molecule has 0 aromatic carbocycles. The molecule has 0 fully saturated rings. The summed E-state index contributed by atoms with van der Waals surface area (Å²) >= 11 is 0. The third-order valence-electron chi connectivity index (χ3n) is 6.04. The van der Waals surface area contributed by atoms with Gasteiger partial charge in [-0.05, 0) is 62.4 Å². The Morgan fingerprint density at radius 2 is 1.57 bits per heavy atom. The molecule has 0 amide bonds. The maximum atomic E-state index is 11.3. The van der Waals surface area contributed by atoms with Crippen LogP contribution in [0.3, 0.4) is 0 Å². The molecule has 0 heterocycles. The first kappa shape index (κ1) is 28.5. The van der Waals surface area contributed by atoms with E-state index in [4.69, 9.17) is 0 Å². The van der Waals surface area contributed by atoms with Crippen LogP contribution in [0.15, 0.2) is 48.6 Å². The van der Waals surface area contributed by atoms with Crippen LogP contribution in [-0.2, 0) is 9.59 Å². The zero-order valence-corrected chi connectivity index (χ0v) is 19.7.